The van der Waals surface area contributed by atoms with Crippen molar-refractivity contribution in [2.45, 2.75) is 24.7 Å². The van der Waals surface area contributed by atoms with Gasteiger partial charge in [0.1, 0.15) is 0 Å². The van der Waals surface area contributed by atoms with E-state index in [9.17, 15) is 0 Å². The third-order valence-electron chi connectivity index (χ3n) is 13.8. The highest BCUT2D eigenvalue weighted by Gasteiger charge is 2.53. The number of benzene rings is 9. The van der Waals surface area contributed by atoms with E-state index in [-0.39, 0.29) is 5.41 Å². The van der Waals surface area contributed by atoms with E-state index in [1.807, 2.05) is 6.07 Å². The van der Waals surface area contributed by atoms with Crippen molar-refractivity contribution in [3.8, 4) is 67.5 Å². The van der Waals surface area contributed by atoms with Gasteiger partial charge in [-0.1, -0.05) is 166 Å². The lowest BCUT2D eigenvalue weighted by molar-refractivity contribution is 0.361. The lowest BCUT2D eigenvalue weighted by atomic mass is 9.70. The average molecular weight is 782 g/mol. The fraction of sp³-hybridized carbons (Fsp3) is 0.0690. The molecule has 0 atom stereocenters. The van der Waals surface area contributed by atoms with Crippen LogP contribution < -0.4 is 14.4 Å². The van der Waals surface area contributed by atoms with E-state index in [0.717, 1.165) is 28.4 Å². The highest BCUT2D eigenvalue weighted by molar-refractivity contribution is 5.98. The first-order chi connectivity index (χ1) is 30.0. The summed E-state index contributed by atoms with van der Waals surface area (Å²) in [4.78, 5) is 2.27. The SMILES string of the molecule is CC1(C)c2ccccc2-c2cc(-c3ccc(N(c4ccccc4)c4cccc5c4Oc4ccc6c(c4O5)-c4ccccc4C64c5ccccc5-c5ccccc54)cc3)ccc21. The average Bonchev–Trinajstić information content (AvgIpc) is 3.88. The highest BCUT2D eigenvalue weighted by atomic mass is 16.6. The molecule has 3 nitrogen and oxygen atoms in total. The third kappa shape index (κ3) is 4.58. The number of rotatable bonds is 4. The van der Waals surface area contributed by atoms with Gasteiger partial charge in [0.2, 0.25) is 0 Å². The minimum absolute atomic E-state index is 0.0211. The summed E-state index contributed by atoms with van der Waals surface area (Å²) in [5.74, 6) is 2.82. The molecular weight excluding hydrogens is 743 g/mol. The van der Waals surface area contributed by atoms with Crippen molar-refractivity contribution < 1.29 is 9.47 Å². The van der Waals surface area contributed by atoms with Crippen molar-refractivity contribution in [3.05, 3.63) is 234 Å². The Hall–Kier alpha value is -7.62. The number of hydrogen-bond acceptors (Lipinski definition) is 3. The van der Waals surface area contributed by atoms with Gasteiger partial charge in [-0.25, -0.2) is 0 Å². The molecule has 3 aliphatic carbocycles. The topological polar surface area (TPSA) is 21.7 Å². The summed E-state index contributed by atoms with van der Waals surface area (Å²) in [6.07, 6.45) is 0. The van der Waals surface area contributed by atoms with Crippen molar-refractivity contribution in [3.63, 3.8) is 0 Å². The van der Waals surface area contributed by atoms with Crippen molar-refractivity contribution in [1.82, 2.24) is 0 Å². The number of para-hydroxylation sites is 2. The van der Waals surface area contributed by atoms with Crippen LogP contribution >= 0.6 is 0 Å². The Labute approximate surface area is 355 Å². The molecule has 4 aliphatic rings. The summed E-state index contributed by atoms with van der Waals surface area (Å²) in [7, 11) is 0. The second-order valence-electron chi connectivity index (χ2n) is 17.2. The molecule has 1 aliphatic heterocycles. The van der Waals surface area contributed by atoms with E-state index >= 15 is 0 Å². The first-order valence-corrected chi connectivity index (χ1v) is 21.2. The first kappa shape index (κ1) is 34.3. The van der Waals surface area contributed by atoms with Gasteiger partial charge >= 0.3 is 0 Å². The van der Waals surface area contributed by atoms with Crippen molar-refractivity contribution in [2.75, 3.05) is 4.90 Å². The van der Waals surface area contributed by atoms with Gasteiger partial charge < -0.3 is 14.4 Å². The Kier molecular flexibility index (Phi) is 6.99. The maximum Gasteiger partial charge on any atom is 0.194 e. The monoisotopic (exact) mass is 781 g/mol. The van der Waals surface area contributed by atoms with Crippen LogP contribution in [0.3, 0.4) is 0 Å². The molecule has 13 rings (SSSR count). The Bertz CT molecular complexity index is 3240. The second kappa shape index (κ2) is 12.5. The van der Waals surface area contributed by atoms with Gasteiger partial charge in [-0.2, -0.15) is 0 Å². The van der Waals surface area contributed by atoms with Crippen LogP contribution in [-0.2, 0) is 10.8 Å². The molecule has 0 saturated carbocycles. The van der Waals surface area contributed by atoms with E-state index in [1.54, 1.807) is 0 Å². The van der Waals surface area contributed by atoms with Gasteiger partial charge in [0.05, 0.1) is 11.1 Å². The Balaban J connectivity index is 0.916. The number of ether oxygens (including phenoxy) is 2. The molecule has 288 valence electrons. The predicted molar refractivity (Wildman–Crippen MR) is 247 cm³/mol. The smallest absolute Gasteiger partial charge is 0.194 e. The number of hydrogen-bond donors (Lipinski definition) is 0. The van der Waals surface area contributed by atoms with Crippen LogP contribution in [0.15, 0.2) is 200 Å². The van der Waals surface area contributed by atoms with Crippen LogP contribution in [0.5, 0.6) is 23.0 Å². The quantitative estimate of drug-likeness (QED) is 0.177. The molecule has 0 fully saturated rings. The summed E-state index contributed by atoms with van der Waals surface area (Å²) >= 11 is 0. The van der Waals surface area contributed by atoms with Crippen molar-refractivity contribution >= 4 is 17.1 Å². The van der Waals surface area contributed by atoms with E-state index in [0.29, 0.717) is 17.2 Å². The number of fused-ring (bicyclic) bond motifs is 16. The van der Waals surface area contributed by atoms with Gasteiger partial charge in [0.15, 0.2) is 23.0 Å². The van der Waals surface area contributed by atoms with E-state index in [2.05, 4.69) is 213 Å². The maximum absolute atomic E-state index is 7.12. The van der Waals surface area contributed by atoms with Crippen LogP contribution in [0.4, 0.5) is 17.1 Å². The fourth-order valence-electron chi connectivity index (χ4n) is 11.1. The zero-order valence-corrected chi connectivity index (χ0v) is 33.8. The molecule has 1 spiro atoms. The lowest BCUT2D eigenvalue weighted by Gasteiger charge is -2.32. The normalized spacial score (nSPS) is 14.6. The molecule has 61 heavy (non-hydrogen) atoms. The van der Waals surface area contributed by atoms with Crippen LogP contribution in [0.1, 0.15) is 47.2 Å². The summed E-state index contributed by atoms with van der Waals surface area (Å²) < 4.78 is 14.2. The Morgan fingerprint density at radius 2 is 0.869 bits per heavy atom. The molecule has 0 radical (unpaired) electrons. The molecule has 1 heterocycles. The summed E-state index contributed by atoms with van der Waals surface area (Å²) in [6.45, 7) is 4.66. The molecule has 0 aromatic heterocycles. The standard InChI is InChI=1S/C58H39NO2/c1-57(2)45-21-10-6-19-42(45)44-35-37(29-32-46(44)57)36-27-30-39(31-28-36)59(38-15-4-3-5-16-38)51-25-14-26-52-55(51)60-53-34-33-50-54(56(53)61-52)43-20-9-13-24-49(43)58(50)47-22-11-7-17-40(47)41-18-8-12-23-48(41)58/h3-35H,1-2H3. The number of nitrogens with zero attached hydrogens (tertiary/aromatic N) is 1. The van der Waals surface area contributed by atoms with Gasteiger partial charge in [-0.3, -0.25) is 0 Å². The van der Waals surface area contributed by atoms with E-state index < -0.39 is 5.41 Å². The summed E-state index contributed by atoms with van der Waals surface area (Å²) in [6, 6.07) is 72.4. The molecule has 0 bridgehead atoms. The minimum atomic E-state index is -0.462. The molecule has 0 unspecified atom stereocenters. The van der Waals surface area contributed by atoms with Gasteiger partial charge in [0, 0.05) is 22.4 Å². The lowest BCUT2D eigenvalue weighted by Crippen LogP contribution is -2.25. The van der Waals surface area contributed by atoms with Crippen molar-refractivity contribution in [1.29, 1.82) is 0 Å². The van der Waals surface area contributed by atoms with Crippen LogP contribution in [0.2, 0.25) is 0 Å². The predicted octanol–water partition coefficient (Wildman–Crippen LogP) is 15.4. The maximum atomic E-state index is 7.12. The molecule has 9 aromatic rings. The zero-order chi connectivity index (χ0) is 40.5. The molecule has 0 amide bonds. The van der Waals surface area contributed by atoms with E-state index in [4.69, 9.17) is 9.47 Å². The van der Waals surface area contributed by atoms with Crippen LogP contribution in [0, 0.1) is 0 Å². The second-order valence-corrected chi connectivity index (χ2v) is 17.2. The molecule has 9 aromatic carbocycles. The largest absolute Gasteiger partial charge is 0.449 e. The number of anilines is 3. The summed E-state index contributed by atoms with van der Waals surface area (Å²) in [5, 5.41) is 0. The zero-order valence-electron chi connectivity index (χ0n) is 33.8. The highest BCUT2D eigenvalue weighted by Crippen LogP contribution is 2.67. The van der Waals surface area contributed by atoms with Crippen LogP contribution in [0.25, 0.3) is 44.5 Å². The third-order valence-corrected chi connectivity index (χ3v) is 13.8. The van der Waals surface area contributed by atoms with Gasteiger partial charge in [-0.15, -0.1) is 0 Å². The van der Waals surface area contributed by atoms with Gasteiger partial charge in [-0.05, 0) is 121 Å². The minimum Gasteiger partial charge on any atom is -0.449 e. The van der Waals surface area contributed by atoms with Gasteiger partial charge in [0.25, 0.3) is 0 Å². The van der Waals surface area contributed by atoms with E-state index in [1.165, 1.54) is 72.3 Å². The fourth-order valence-corrected chi connectivity index (χ4v) is 11.1. The molecule has 3 heteroatoms. The Morgan fingerprint density at radius 1 is 0.361 bits per heavy atom. The summed E-state index contributed by atoms with van der Waals surface area (Å²) in [5.41, 5.74) is 20.2. The molecular formula is C58H39NO2. The van der Waals surface area contributed by atoms with Crippen molar-refractivity contribution in [2.24, 2.45) is 0 Å². The Morgan fingerprint density at radius 3 is 1.57 bits per heavy atom. The molecule has 0 N–H and O–H groups in total. The first-order valence-electron chi connectivity index (χ1n) is 21.2. The van der Waals surface area contributed by atoms with Crippen LogP contribution in [-0.4, -0.2) is 0 Å². The molecule has 0 saturated heterocycles.